The van der Waals surface area contributed by atoms with Gasteiger partial charge in [-0.2, -0.15) is 52.7 Å². The lowest BCUT2D eigenvalue weighted by Crippen LogP contribution is -2.31. The topological polar surface area (TPSA) is 67.9 Å². The molecular weight excluding hydrogens is 1450 g/mol. The van der Waals surface area contributed by atoms with Gasteiger partial charge in [0.2, 0.25) is 0 Å². The molecule has 0 spiro atoms. The summed E-state index contributed by atoms with van der Waals surface area (Å²) in [6.45, 7) is 38.6. The van der Waals surface area contributed by atoms with Crippen molar-refractivity contribution >= 4 is 0 Å². The summed E-state index contributed by atoms with van der Waals surface area (Å²) in [5.41, 5.74) is 7.97. The zero-order valence-corrected chi connectivity index (χ0v) is 67.9. The van der Waals surface area contributed by atoms with Gasteiger partial charge in [0.1, 0.15) is 28.7 Å². The Morgan fingerprint density at radius 3 is 1.25 bits per heavy atom. The zero-order chi connectivity index (χ0) is 82.9. The summed E-state index contributed by atoms with van der Waals surface area (Å²) < 4.78 is 216. The molecule has 110 heavy (non-hydrogen) atoms. The molecule has 24 heteroatoms. The van der Waals surface area contributed by atoms with Gasteiger partial charge in [0.05, 0.1) is 50.7 Å². The van der Waals surface area contributed by atoms with Gasteiger partial charge in [0, 0.05) is 48.9 Å². The lowest BCUT2D eigenvalue weighted by molar-refractivity contribution is -0.274. The summed E-state index contributed by atoms with van der Waals surface area (Å²) in [5, 5.41) is 2.99. The number of hydrogen-bond donors (Lipinski definition) is 1. The van der Waals surface area contributed by atoms with E-state index in [1.54, 1.807) is 53.9 Å². The third-order valence-corrected chi connectivity index (χ3v) is 18.9. The molecule has 3 aliphatic rings. The number of piperidine rings is 1. The van der Waals surface area contributed by atoms with E-state index >= 15 is 0 Å². The van der Waals surface area contributed by atoms with Gasteiger partial charge >= 0.3 is 31.1 Å². The normalized spacial score (nSPS) is 14.7. The minimum absolute atomic E-state index is 0.0336. The predicted molar refractivity (Wildman–Crippen MR) is 410 cm³/mol. The Hall–Kier alpha value is -6.89. The van der Waals surface area contributed by atoms with Crippen LogP contribution in [0.5, 0.6) is 28.7 Å². The number of halogens is 15. The second-order valence-electron chi connectivity index (χ2n) is 31.1. The van der Waals surface area contributed by atoms with E-state index in [4.69, 9.17) is 18.9 Å². The number of rotatable bonds is 21. The Morgan fingerprint density at radius 2 is 0.791 bits per heavy atom. The van der Waals surface area contributed by atoms with E-state index < -0.39 is 53.3 Å². The molecule has 0 unspecified atom stereocenters. The molecule has 0 aliphatic carbocycles. The van der Waals surface area contributed by atoms with Crippen LogP contribution in [-0.2, 0) is 69.0 Å². The first kappa shape index (κ1) is 95.5. The van der Waals surface area contributed by atoms with Crippen LogP contribution in [0.2, 0.25) is 0 Å². The molecule has 0 bridgehead atoms. The third-order valence-electron chi connectivity index (χ3n) is 18.9. The van der Waals surface area contributed by atoms with Gasteiger partial charge in [-0.15, -0.1) is 13.2 Å². The zero-order valence-electron chi connectivity index (χ0n) is 67.9. The average molecular weight is 1570 g/mol. The number of nitrogens with one attached hydrogen (secondary N) is 1. The van der Waals surface area contributed by atoms with Crippen molar-refractivity contribution in [2.24, 2.45) is 11.8 Å². The molecule has 3 saturated heterocycles. The molecular formula is C86H119F15N4O5. The summed E-state index contributed by atoms with van der Waals surface area (Å²) in [6.07, 6.45) is -9.66. The molecule has 0 aromatic heterocycles. The number of aryl methyl sites for hydroxylation is 8. The first-order valence-electron chi connectivity index (χ1n) is 37.9. The van der Waals surface area contributed by atoms with E-state index in [-0.39, 0.29) is 29.5 Å². The van der Waals surface area contributed by atoms with Crippen LogP contribution < -0.4 is 29.0 Å². The van der Waals surface area contributed by atoms with Crippen molar-refractivity contribution in [1.82, 2.24) is 20.0 Å². The van der Waals surface area contributed by atoms with Crippen molar-refractivity contribution < 1.29 is 89.5 Å². The van der Waals surface area contributed by atoms with Gasteiger partial charge in [-0.1, -0.05) is 122 Å². The smallest absolute Gasteiger partial charge is 0.496 e. The molecule has 3 heterocycles. The van der Waals surface area contributed by atoms with E-state index in [1.807, 2.05) is 47.6 Å². The van der Waals surface area contributed by atoms with Gasteiger partial charge in [0.25, 0.3) is 0 Å². The minimum atomic E-state index is -4.67. The maximum Gasteiger partial charge on any atom is 0.573 e. The van der Waals surface area contributed by atoms with E-state index in [0.29, 0.717) is 93.6 Å². The van der Waals surface area contributed by atoms with Crippen molar-refractivity contribution in [3.63, 3.8) is 0 Å². The standard InChI is InChI=1S/C17H27NO.C15H20F3N.C14H18F3NO2.2C14H19F3O.C12H16F3N/c1-13-10-14(12-18-8-6-7-9-18)16(19-5)15(11-13)17(2,3)4;1-12-9-13(11-14(10-12)15(16,17)18)5-8-19-6-3-2-4-7-19;1-10-7-12(20-14(15,16)17)8-11(13(10)19-2)9-18-5-3-4-6-18;1-9(2)5-6-11-8-12(14(15,16)17)7-10(3)13(11)18-4;1-9(2)5-6-11-7-10(3)8-12(13(11)18-4)14(15,16)17;1-8(2)16-7-10-5-4-9(3)6-11(10)12(13,14)15/h10-11H,6-9,12H2,1-5H3;9-11H,2-8H2,1H3;7-8H,3-6,9H2,1-2H3;2*7-9H,5-6H2,1-4H3;4-6,8,16H,7H2,1-3H3. The fourth-order valence-electron chi connectivity index (χ4n) is 13.5. The number of methoxy groups -OCH3 is 4. The van der Waals surface area contributed by atoms with Gasteiger partial charge < -0.3 is 33.9 Å². The van der Waals surface area contributed by atoms with Crippen LogP contribution in [0, 0.1) is 53.4 Å². The van der Waals surface area contributed by atoms with Crippen molar-refractivity contribution in [2.45, 2.75) is 243 Å². The van der Waals surface area contributed by atoms with Crippen LogP contribution in [0.3, 0.4) is 0 Å². The van der Waals surface area contributed by atoms with Crippen LogP contribution in [0.25, 0.3) is 0 Å². The number of likely N-dealkylation sites (tertiary alicyclic amines) is 3. The summed E-state index contributed by atoms with van der Waals surface area (Å²) in [5.74, 6) is 2.97. The highest BCUT2D eigenvalue weighted by molar-refractivity contribution is 5.50. The number of alkyl halides is 15. The summed E-state index contributed by atoms with van der Waals surface area (Å²) in [6, 6.07) is 21.5. The molecule has 0 amide bonds. The second kappa shape index (κ2) is 43.4. The third kappa shape index (κ3) is 33.0. The Balaban J connectivity index is 0.000000279. The lowest BCUT2D eigenvalue weighted by atomic mass is 9.84. The van der Waals surface area contributed by atoms with Crippen LogP contribution >= 0.6 is 0 Å². The van der Waals surface area contributed by atoms with Crippen LogP contribution in [0.4, 0.5) is 65.9 Å². The van der Waals surface area contributed by atoms with E-state index in [9.17, 15) is 65.9 Å². The molecule has 618 valence electrons. The molecule has 1 N–H and O–H groups in total. The second-order valence-corrected chi connectivity index (χ2v) is 31.1. The molecule has 0 atom stereocenters. The summed E-state index contributed by atoms with van der Waals surface area (Å²) in [4.78, 5) is 7.08. The lowest BCUT2D eigenvalue weighted by Gasteiger charge is -2.26. The van der Waals surface area contributed by atoms with E-state index in [2.05, 4.69) is 64.6 Å². The van der Waals surface area contributed by atoms with Crippen LogP contribution in [0.15, 0.2) is 84.9 Å². The largest absolute Gasteiger partial charge is 0.573 e. The van der Waals surface area contributed by atoms with Crippen molar-refractivity contribution in [3.05, 3.63) is 180 Å². The molecule has 6 aromatic carbocycles. The number of hydrogen-bond acceptors (Lipinski definition) is 9. The van der Waals surface area contributed by atoms with Gasteiger partial charge in [0.15, 0.2) is 0 Å². The molecule has 0 saturated carbocycles. The first-order chi connectivity index (χ1) is 51.1. The average Bonchev–Trinajstić information content (AvgIpc) is 0.952. The SMILES string of the molecule is COc1c(C)cc(C(F)(F)F)cc1CCC(C)C.COc1c(C)cc(OC(F)(F)F)cc1CN1CCCC1.COc1c(CCC(C)C)cc(C)cc1C(F)(F)F.COc1c(CN2CCCC2)cc(C)cc1C(C)(C)C.Cc1cc(CCN2CCCCC2)cc(C(F)(F)F)c1.Cc1ccc(CNC(C)C)c(C(F)(F)F)c1. The van der Waals surface area contributed by atoms with Crippen molar-refractivity contribution in [3.8, 4) is 28.7 Å². The molecule has 9 rings (SSSR count). The highest BCUT2D eigenvalue weighted by atomic mass is 19.4. The van der Waals surface area contributed by atoms with Gasteiger partial charge in [-0.25, -0.2) is 0 Å². The molecule has 3 aliphatic heterocycles. The number of benzene rings is 6. The Labute approximate surface area is 644 Å². The fourth-order valence-corrected chi connectivity index (χ4v) is 13.5. The van der Waals surface area contributed by atoms with E-state index in [1.165, 1.54) is 126 Å². The molecule has 3 fully saturated rings. The molecule has 9 nitrogen and oxygen atoms in total. The Morgan fingerprint density at radius 1 is 0.382 bits per heavy atom. The van der Waals surface area contributed by atoms with Crippen LogP contribution in [0.1, 0.15) is 215 Å². The minimum Gasteiger partial charge on any atom is -0.496 e. The maximum absolute atomic E-state index is 12.9. The Bertz CT molecular complexity index is 3750. The predicted octanol–water partition coefficient (Wildman–Crippen LogP) is 24.2. The maximum atomic E-state index is 12.9. The Kier molecular flexibility index (Phi) is 37.7. The highest BCUT2D eigenvalue weighted by Gasteiger charge is 2.38. The fraction of sp³-hybridized carbons (Fsp3) is 0.581. The number of ether oxygens (including phenoxy) is 5. The first-order valence-corrected chi connectivity index (χ1v) is 37.9. The molecule has 6 aromatic rings. The quantitative estimate of drug-likeness (QED) is 0.0710. The van der Waals surface area contributed by atoms with Gasteiger partial charge in [-0.3, -0.25) is 9.80 Å². The summed E-state index contributed by atoms with van der Waals surface area (Å²) >= 11 is 0. The number of nitrogens with zero attached hydrogens (tertiary/aromatic N) is 3. The van der Waals surface area contributed by atoms with Crippen molar-refractivity contribution in [1.29, 1.82) is 0 Å². The molecule has 0 radical (unpaired) electrons. The summed E-state index contributed by atoms with van der Waals surface area (Å²) in [7, 11) is 6.11. The van der Waals surface area contributed by atoms with Gasteiger partial charge in [-0.05, 0) is 256 Å². The highest BCUT2D eigenvalue weighted by Crippen LogP contribution is 2.42. The van der Waals surface area contributed by atoms with Crippen LogP contribution in [-0.4, -0.2) is 101 Å². The van der Waals surface area contributed by atoms with Crippen molar-refractivity contribution in [2.75, 3.05) is 74.3 Å². The monoisotopic (exact) mass is 1570 g/mol. The van der Waals surface area contributed by atoms with E-state index in [0.717, 1.165) is 94.0 Å².